The van der Waals surface area contributed by atoms with E-state index in [1.54, 1.807) is 0 Å². The van der Waals surface area contributed by atoms with Crippen molar-refractivity contribution in [3.05, 3.63) is 35.4 Å². The topological polar surface area (TPSA) is 49.5 Å². The lowest BCUT2D eigenvalue weighted by Crippen LogP contribution is -2.35. The summed E-state index contributed by atoms with van der Waals surface area (Å²) in [5.41, 5.74) is 8.32. The molecule has 0 saturated carbocycles. The molecule has 19 heavy (non-hydrogen) atoms. The van der Waals surface area contributed by atoms with Gasteiger partial charge >= 0.3 is 0 Å². The number of rotatable bonds is 6. The SMILES string of the molecule is CN(CCc1ccc(C(C)(C)C)cc1)CC(O)CN. The zero-order chi connectivity index (χ0) is 14.5. The molecule has 0 aliphatic carbocycles. The van der Waals surface area contributed by atoms with Crippen LogP contribution in [-0.2, 0) is 11.8 Å². The summed E-state index contributed by atoms with van der Waals surface area (Å²) in [6, 6.07) is 8.83. The van der Waals surface area contributed by atoms with E-state index >= 15 is 0 Å². The van der Waals surface area contributed by atoms with Crippen LogP contribution in [0.3, 0.4) is 0 Å². The maximum Gasteiger partial charge on any atom is 0.0788 e. The predicted molar refractivity (Wildman–Crippen MR) is 81.4 cm³/mol. The molecule has 0 heterocycles. The summed E-state index contributed by atoms with van der Waals surface area (Å²) < 4.78 is 0. The van der Waals surface area contributed by atoms with Gasteiger partial charge in [-0.2, -0.15) is 0 Å². The van der Waals surface area contributed by atoms with E-state index in [9.17, 15) is 5.11 Å². The molecule has 3 heteroatoms. The van der Waals surface area contributed by atoms with Crippen LogP contribution in [0.2, 0.25) is 0 Å². The normalized spacial score (nSPS) is 13.8. The molecule has 3 nitrogen and oxygen atoms in total. The van der Waals surface area contributed by atoms with Crippen LogP contribution in [0, 0.1) is 0 Å². The molecule has 1 aromatic carbocycles. The minimum atomic E-state index is -0.423. The van der Waals surface area contributed by atoms with Gasteiger partial charge in [-0.3, -0.25) is 0 Å². The highest BCUT2D eigenvalue weighted by Crippen LogP contribution is 2.22. The zero-order valence-corrected chi connectivity index (χ0v) is 12.7. The van der Waals surface area contributed by atoms with Crippen LogP contribution in [0.15, 0.2) is 24.3 Å². The standard InChI is InChI=1S/C16H28N2O/c1-16(2,3)14-7-5-13(6-8-14)9-10-18(4)12-15(19)11-17/h5-8,15,19H,9-12,17H2,1-4H3. The van der Waals surface area contributed by atoms with Crippen molar-refractivity contribution in [1.82, 2.24) is 4.90 Å². The van der Waals surface area contributed by atoms with Gasteiger partial charge in [0.15, 0.2) is 0 Å². The first-order chi connectivity index (χ1) is 8.82. The third-order valence-electron chi connectivity index (χ3n) is 3.40. The Balaban J connectivity index is 2.46. The quantitative estimate of drug-likeness (QED) is 0.823. The van der Waals surface area contributed by atoms with E-state index < -0.39 is 6.10 Å². The van der Waals surface area contributed by atoms with E-state index in [1.165, 1.54) is 11.1 Å². The summed E-state index contributed by atoms with van der Waals surface area (Å²) in [5.74, 6) is 0. The largest absolute Gasteiger partial charge is 0.390 e. The molecule has 3 N–H and O–H groups in total. The second kappa shape index (κ2) is 7.04. The molecule has 0 bridgehead atoms. The zero-order valence-electron chi connectivity index (χ0n) is 12.7. The molecule has 1 unspecified atom stereocenters. The van der Waals surface area contributed by atoms with Gasteiger partial charge in [-0.05, 0) is 30.0 Å². The molecule has 0 fully saturated rings. The summed E-state index contributed by atoms with van der Waals surface area (Å²) in [6.07, 6.45) is 0.575. The van der Waals surface area contributed by atoms with Gasteiger partial charge in [0, 0.05) is 19.6 Å². The Bertz CT molecular complexity index is 367. The number of aliphatic hydroxyl groups is 1. The van der Waals surface area contributed by atoms with Crippen LogP contribution >= 0.6 is 0 Å². The highest BCUT2D eigenvalue weighted by molar-refractivity contribution is 5.27. The first-order valence-electron chi connectivity index (χ1n) is 6.99. The fourth-order valence-corrected chi connectivity index (χ4v) is 2.02. The highest BCUT2D eigenvalue weighted by atomic mass is 16.3. The summed E-state index contributed by atoms with van der Waals surface area (Å²) in [5, 5.41) is 9.48. The molecular formula is C16H28N2O. The smallest absolute Gasteiger partial charge is 0.0788 e. The third kappa shape index (κ3) is 5.72. The molecule has 108 valence electrons. The molecule has 1 rings (SSSR count). The van der Waals surface area contributed by atoms with E-state index in [-0.39, 0.29) is 5.41 Å². The molecule has 1 atom stereocenters. The Morgan fingerprint density at radius 1 is 1.21 bits per heavy atom. The van der Waals surface area contributed by atoms with E-state index in [0.717, 1.165) is 13.0 Å². The van der Waals surface area contributed by atoms with Gasteiger partial charge < -0.3 is 15.7 Å². The summed E-state index contributed by atoms with van der Waals surface area (Å²) >= 11 is 0. The molecule has 0 saturated heterocycles. The van der Waals surface area contributed by atoms with Gasteiger partial charge in [-0.1, -0.05) is 45.0 Å². The number of nitrogens with zero attached hydrogens (tertiary/aromatic N) is 1. The number of benzene rings is 1. The minimum Gasteiger partial charge on any atom is -0.390 e. The van der Waals surface area contributed by atoms with Gasteiger partial charge in [0.1, 0.15) is 0 Å². The van der Waals surface area contributed by atoms with Crippen LogP contribution in [0.25, 0.3) is 0 Å². The van der Waals surface area contributed by atoms with Crippen molar-refractivity contribution in [2.75, 3.05) is 26.7 Å². The minimum absolute atomic E-state index is 0.209. The monoisotopic (exact) mass is 264 g/mol. The van der Waals surface area contributed by atoms with Crippen LogP contribution in [0.1, 0.15) is 31.9 Å². The van der Waals surface area contributed by atoms with Gasteiger partial charge in [0.25, 0.3) is 0 Å². The number of hydrogen-bond acceptors (Lipinski definition) is 3. The summed E-state index contributed by atoms with van der Waals surface area (Å²) in [6.45, 7) is 8.57. The Hall–Kier alpha value is -0.900. The van der Waals surface area contributed by atoms with Crippen molar-refractivity contribution in [1.29, 1.82) is 0 Å². The molecule has 0 aliphatic rings. The Morgan fingerprint density at radius 3 is 2.26 bits per heavy atom. The van der Waals surface area contributed by atoms with Crippen molar-refractivity contribution >= 4 is 0 Å². The molecule has 0 amide bonds. The highest BCUT2D eigenvalue weighted by Gasteiger charge is 2.13. The average Bonchev–Trinajstić information content (AvgIpc) is 2.35. The van der Waals surface area contributed by atoms with Gasteiger partial charge in [-0.25, -0.2) is 0 Å². The van der Waals surface area contributed by atoms with Crippen LogP contribution in [-0.4, -0.2) is 42.8 Å². The lowest BCUT2D eigenvalue weighted by molar-refractivity contribution is 0.133. The number of nitrogens with two attached hydrogens (primary N) is 1. The van der Waals surface area contributed by atoms with Gasteiger partial charge in [0.05, 0.1) is 6.10 Å². The van der Waals surface area contributed by atoms with Crippen LogP contribution in [0.4, 0.5) is 0 Å². The van der Waals surface area contributed by atoms with Gasteiger partial charge in [0.2, 0.25) is 0 Å². The second-order valence-electron chi connectivity index (χ2n) is 6.35. The van der Waals surface area contributed by atoms with Crippen molar-refractivity contribution in [2.45, 2.75) is 38.7 Å². The fraction of sp³-hybridized carbons (Fsp3) is 0.625. The Labute approximate surface area is 117 Å². The molecule has 0 aromatic heterocycles. The molecule has 1 aromatic rings. The number of likely N-dealkylation sites (N-methyl/N-ethyl adjacent to an activating group) is 1. The Morgan fingerprint density at radius 2 is 1.79 bits per heavy atom. The van der Waals surface area contributed by atoms with Crippen molar-refractivity contribution in [3.63, 3.8) is 0 Å². The maximum absolute atomic E-state index is 9.48. The first kappa shape index (κ1) is 16.2. The molecular weight excluding hydrogens is 236 g/mol. The lowest BCUT2D eigenvalue weighted by atomic mass is 9.86. The second-order valence-corrected chi connectivity index (χ2v) is 6.35. The third-order valence-corrected chi connectivity index (χ3v) is 3.40. The van der Waals surface area contributed by atoms with Crippen molar-refractivity contribution in [2.24, 2.45) is 5.73 Å². The van der Waals surface area contributed by atoms with E-state index in [1.807, 2.05) is 7.05 Å². The maximum atomic E-state index is 9.48. The first-order valence-corrected chi connectivity index (χ1v) is 6.99. The molecule has 0 spiro atoms. The number of hydrogen-bond donors (Lipinski definition) is 2. The summed E-state index contributed by atoms with van der Waals surface area (Å²) in [7, 11) is 2.02. The van der Waals surface area contributed by atoms with Crippen molar-refractivity contribution < 1.29 is 5.11 Å². The molecule has 0 radical (unpaired) electrons. The molecule has 0 aliphatic heterocycles. The van der Waals surface area contributed by atoms with E-state index in [0.29, 0.717) is 13.1 Å². The van der Waals surface area contributed by atoms with E-state index in [2.05, 4.69) is 49.9 Å². The van der Waals surface area contributed by atoms with Gasteiger partial charge in [-0.15, -0.1) is 0 Å². The van der Waals surface area contributed by atoms with Crippen molar-refractivity contribution in [3.8, 4) is 0 Å². The average molecular weight is 264 g/mol. The number of aliphatic hydroxyl groups excluding tert-OH is 1. The van der Waals surface area contributed by atoms with E-state index in [4.69, 9.17) is 5.73 Å². The lowest BCUT2D eigenvalue weighted by Gasteiger charge is -2.21. The summed E-state index contributed by atoms with van der Waals surface area (Å²) in [4.78, 5) is 2.12. The predicted octanol–water partition coefficient (Wildman–Crippen LogP) is 1.78. The Kier molecular flexibility index (Phi) is 5.98. The van der Waals surface area contributed by atoms with Crippen LogP contribution < -0.4 is 5.73 Å². The van der Waals surface area contributed by atoms with Crippen LogP contribution in [0.5, 0.6) is 0 Å². The fourth-order valence-electron chi connectivity index (χ4n) is 2.02.